The molecule has 0 saturated heterocycles. The van der Waals surface area contributed by atoms with E-state index in [9.17, 15) is 0 Å². The SMILES string of the molecule is c1cccc2cc3ccccccc3cc2cc1. The molecular weight excluding hydrogens is 216 g/mol. The van der Waals surface area contributed by atoms with E-state index in [0.29, 0.717) is 0 Å². The highest BCUT2D eigenvalue weighted by atomic mass is 14.0. The summed E-state index contributed by atoms with van der Waals surface area (Å²) in [6.07, 6.45) is 0. The molecule has 0 aliphatic heterocycles. The summed E-state index contributed by atoms with van der Waals surface area (Å²) < 4.78 is 0. The van der Waals surface area contributed by atoms with Gasteiger partial charge in [0, 0.05) is 0 Å². The van der Waals surface area contributed by atoms with Crippen molar-refractivity contribution in [1.29, 1.82) is 0 Å². The number of fused-ring (bicyclic) bond motifs is 2. The van der Waals surface area contributed by atoms with Gasteiger partial charge in [-0.3, -0.25) is 0 Å². The van der Waals surface area contributed by atoms with Crippen molar-refractivity contribution >= 4 is 21.5 Å². The molecule has 0 aliphatic carbocycles. The lowest BCUT2D eigenvalue weighted by Crippen LogP contribution is -1.72. The molecule has 0 heteroatoms. The first kappa shape index (κ1) is 10.8. The molecule has 0 unspecified atom stereocenters. The molecule has 0 heterocycles. The Morgan fingerprint density at radius 1 is 0.333 bits per heavy atom. The molecule has 3 aromatic rings. The standard InChI is InChI=1S/C18H14/c1-2-6-10-16-14-18-12-8-4-3-7-11-17(18)13-15(16)9-5-1/h1-14H. The summed E-state index contributed by atoms with van der Waals surface area (Å²) in [6, 6.07) is 29.6. The Balaban J connectivity index is 2.46. The van der Waals surface area contributed by atoms with Crippen LogP contribution >= 0.6 is 0 Å². The highest BCUT2D eigenvalue weighted by molar-refractivity contribution is 5.97. The van der Waals surface area contributed by atoms with Crippen LogP contribution in [0.5, 0.6) is 0 Å². The summed E-state index contributed by atoms with van der Waals surface area (Å²) in [7, 11) is 0. The van der Waals surface area contributed by atoms with Gasteiger partial charge in [-0.2, -0.15) is 0 Å². The Labute approximate surface area is 107 Å². The van der Waals surface area contributed by atoms with Crippen molar-refractivity contribution in [3.05, 3.63) is 84.9 Å². The van der Waals surface area contributed by atoms with Crippen molar-refractivity contribution in [2.45, 2.75) is 0 Å². The quantitative estimate of drug-likeness (QED) is 0.503. The zero-order chi connectivity index (χ0) is 12.2. The highest BCUT2D eigenvalue weighted by Gasteiger charge is 1.93. The van der Waals surface area contributed by atoms with Gasteiger partial charge in [-0.05, 0) is 33.7 Å². The van der Waals surface area contributed by atoms with Gasteiger partial charge < -0.3 is 0 Å². The van der Waals surface area contributed by atoms with Crippen LogP contribution in [0.15, 0.2) is 84.9 Å². The molecule has 0 bridgehead atoms. The van der Waals surface area contributed by atoms with Crippen LogP contribution in [0.4, 0.5) is 0 Å². The van der Waals surface area contributed by atoms with E-state index in [0.717, 1.165) is 0 Å². The second-order valence-electron chi connectivity index (χ2n) is 4.32. The van der Waals surface area contributed by atoms with Gasteiger partial charge in [-0.15, -0.1) is 0 Å². The van der Waals surface area contributed by atoms with E-state index in [1.807, 2.05) is 0 Å². The molecule has 0 N–H and O–H groups in total. The summed E-state index contributed by atoms with van der Waals surface area (Å²) >= 11 is 0. The fraction of sp³-hybridized carbons (Fsp3) is 0. The summed E-state index contributed by atoms with van der Waals surface area (Å²) in [4.78, 5) is 0. The molecule has 0 saturated carbocycles. The molecule has 86 valence electrons. The van der Waals surface area contributed by atoms with Crippen LogP contribution in [-0.4, -0.2) is 0 Å². The second-order valence-corrected chi connectivity index (χ2v) is 4.32. The normalized spacial score (nSPS) is 10.2. The van der Waals surface area contributed by atoms with Gasteiger partial charge in [0.05, 0.1) is 0 Å². The fourth-order valence-electron chi connectivity index (χ4n) is 2.14. The van der Waals surface area contributed by atoms with E-state index < -0.39 is 0 Å². The third-order valence-corrected chi connectivity index (χ3v) is 3.06. The average Bonchev–Trinajstić information content (AvgIpc) is 2.32. The van der Waals surface area contributed by atoms with Crippen LogP contribution in [0.25, 0.3) is 21.5 Å². The maximum absolute atomic E-state index is 2.24. The average molecular weight is 230 g/mol. The maximum atomic E-state index is 2.24. The summed E-state index contributed by atoms with van der Waals surface area (Å²) in [5, 5.41) is 5.04. The van der Waals surface area contributed by atoms with Crippen molar-refractivity contribution in [2.75, 3.05) is 0 Å². The first-order valence-electron chi connectivity index (χ1n) is 6.14. The largest absolute Gasteiger partial charge is 0.0622 e. The maximum Gasteiger partial charge on any atom is -0.0178 e. The van der Waals surface area contributed by atoms with E-state index in [2.05, 4.69) is 84.9 Å². The van der Waals surface area contributed by atoms with E-state index in [4.69, 9.17) is 0 Å². The number of benzene rings is 1. The first-order valence-corrected chi connectivity index (χ1v) is 6.14. The van der Waals surface area contributed by atoms with Gasteiger partial charge in [0.15, 0.2) is 0 Å². The van der Waals surface area contributed by atoms with Crippen LogP contribution in [0, 0.1) is 0 Å². The van der Waals surface area contributed by atoms with Gasteiger partial charge in [-0.1, -0.05) is 72.8 Å². The van der Waals surface area contributed by atoms with E-state index in [1.165, 1.54) is 21.5 Å². The predicted octanol–water partition coefficient (Wildman–Crippen LogP) is 5.12. The summed E-state index contributed by atoms with van der Waals surface area (Å²) in [6.45, 7) is 0. The zero-order valence-electron chi connectivity index (χ0n) is 10.1. The molecule has 0 nitrogen and oxygen atoms in total. The van der Waals surface area contributed by atoms with Gasteiger partial charge >= 0.3 is 0 Å². The Morgan fingerprint density at radius 3 is 0.889 bits per heavy atom. The van der Waals surface area contributed by atoms with Gasteiger partial charge in [0.2, 0.25) is 0 Å². The third-order valence-electron chi connectivity index (χ3n) is 3.06. The highest BCUT2D eigenvalue weighted by Crippen LogP contribution is 2.20. The monoisotopic (exact) mass is 230 g/mol. The lowest BCUT2D eigenvalue weighted by molar-refractivity contribution is 1.75. The van der Waals surface area contributed by atoms with Crippen LogP contribution in [0.3, 0.4) is 0 Å². The Morgan fingerprint density at radius 2 is 0.611 bits per heavy atom. The molecule has 3 rings (SSSR count). The minimum absolute atomic E-state index is 1.26. The molecule has 0 radical (unpaired) electrons. The second kappa shape index (κ2) is 4.89. The number of hydrogen-bond acceptors (Lipinski definition) is 0. The van der Waals surface area contributed by atoms with Gasteiger partial charge in [0.1, 0.15) is 0 Å². The Bertz CT molecular complexity index is 614. The minimum atomic E-state index is 1.26. The van der Waals surface area contributed by atoms with E-state index >= 15 is 0 Å². The van der Waals surface area contributed by atoms with Crippen LogP contribution < -0.4 is 0 Å². The fourth-order valence-corrected chi connectivity index (χ4v) is 2.14. The first-order chi connectivity index (χ1) is 8.93. The number of rotatable bonds is 0. The topological polar surface area (TPSA) is 0 Å². The molecular formula is C18H14. The lowest BCUT2D eigenvalue weighted by atomic mass is 10.1. The molecule has 0 atom stereocenters. The molecule has 3 aromatic carbocycles. The zero-order valence-corrected chi connectivity index (χ0v) is 10.1. The van der Waals surface area contributed by atoms with Gasteiger partial charge in [0.25, 0.3) is 0 Å². The Kier molecular flexibility index (Phi) is 2.93. The van der Waals surface area contributed by atoms with E-state index in [1.54, 1.807) is 0 Å². The van der Waals surface area contributed by atoms with Crippen molar-refractivity contribution in [2.24, 2.45) is 0 Å². The molecule has 0 amide bonds. The van der Waals surface area contributed by atoms with E-state index in [-0.39, 0.29) is 0 Å². The van der Waals surface area contributed by atoms with Crippen molar-refractivity contribution in [1.82, 2.24) is 0 Å². The van der Waals surface area contributed by atoms with Crippen LogP contribution in [-0.2, 0) is 0 Å². The van der Waals surface area contributed by atoms with Crippen molar-refractivity contribution in [3.8, 4) is 0 Å². The Hall–Kier alpha value is -2.34. The van der Waals surface area contributed by atoms with Crippen molar-refractivity contribution < 1.29 is 0 Å². The smallest absolute Gasteiger partial charge is 0.0178 e. The lowest BCUT2D eigenvalue weighted by Gasteiger charge is -1.99. The molecule has 0 fully saturated rings. The van der Waals surface area contributed by atoms with Gasteiger partial charge in [-0.25, -0.2) is 0 Å². The third kappa shape index (κ3) is 2.18. The predicted molar refractivity (Wildman–Crippen MR) is 79.1 cm³/mol. The minimum Gasteiger partial charge on any atom is -0.0622 e. The summed E-state index contributed by atoms with van der Waals surface area (Å²) in [5.74, 6) is 0. The molecule has 0 spiro atoms. The van der Waals surface area contributed by atoms with Crippen molar-refractivity contribution in [3.63, 3.8) is 0 Å². The molecule has 0 aliphatic rings. The van der Waals surface area contributed by atoms with Crippen LogP contribution in [0.1, 0.15) is 0 Å². The summed E-state index contributed by atoms with van der Waals surface area (Å²) in [5.41, 5.74) is 0. The molecule has 0 aromatic heterocycles. The molecule has 18 heavy (non-hydrogen) atoms. The van der Waals surface area contributed by atoms with Crippen LogP contribution in [0.2, 0.25) is 0 Å². The number of hydrogen-bond donors (Lipinski definition) is 0.